The summed E-state index contributed by atoms with van der Waals surface area (Å²) >= 11 is 0. The lowest BCUT2D eigenvalue weighted by molar-refractivity contribution is -0.229. The van der Waals surface area contributed by atoms with E-state index in [0.717, 1.165) is 44.9 Å². The van der Waals surface area contributed by atoms with Crippen molar-refractivity contribution in [3.8, 4) is 0 Å². The first-order valence-electron chi connectivity index (χ1n) is 14.7. The number of aliphatic hydroxyl groups excluding tert-OH is 1. The van der Waals surface area contributed by atoms with Gasteiger partial charge in [-0.3, -0.25) is 4.79 Å². The zero-order chi connectivity index (χ0) is 26.9. The Morgan fingerprint density at radius 3 is 2.25 bits per heavy atom. The lowest BCUT2D eigenvalue weighted by Crippen LogP contribution is -2.64. The number of ether oxygens (including phenoxy) is 1. The molecular formula is C32H54O4. The lowest BCUT2D eigenvalue weighted by atomic mass is 9.35. The second-order valence-electron chi connectivity index (χ2n) is 15.1. The molecule has 0 bridgehead atoms. The fraction of sp³-hybridized carbons (Fsp3) is 0.906. The average Bonchev–Trinajstić information content (AvgIpc) is 3.01. The number of rotatable bonds is 5. The quantitative estimate of drug-likeness (QED) is 0.312. The predicted octanol–water partition coefficient (Wildman–Crippen LogP) is 7.07. The molecule has 0 spiro atoms. The van der Waals surface area contributed by atoms with E-state index in [2.05, 4.69) is 54.5 Å². The molecule has 0 aromatic rings. The molecule has 3 unspecified atom stereocenters. The van der Waals surface area contributed by atoms with E-state index in [1.54, 1.807) is 6.92 Å². The van der Waals surface area contributed by atoms with Gasteiger partial charge in [0.2, 0.25) is 0 Å². The molecule has 0 saturated heterocycles. The zero-order valence-corrected chi connectivity index (χ0v) is 24.6. The molecule has 4 aliphatic carbocycles. The SMILES string of the molecule is CC(=O)OC1CC[C@@]2(C)C(CC[C@]3(C)[C@@H]2CC[C@@H]2[C@@H]([C@@](C)(O)CCC=C(C)C)C(O)C[C@@]23C)C1(C)C. The van der Waals surface area contributed by atoms with Gasteiger partial charge in [0.15, 0.2) is 0 Å². The first-order valence-corrected chi connectivity index (χ1v) is 14.7. The normalized spacial score (nSPS) is 47.1. The minimum Gasteiger partial charge on any atom is -0.462 e. The molecule has 10 atom stereocenters. The molecule has 0 aromatic carbocycles. The van der Waals surface area contributed by atoms with E-state index < -0.39 is 11.7 Å². The third-order valence-corrected chi connectivity index (χ3v) is 12.6. The maximum atomic E-state index is 11.9. The lowest BCUT2D eigenvalue weighted by Gasteiger charge is -2.70. The number of hydrogen-bond donors (Lipinski definition) is 2. The van der Waals surface area contributed by atoms with Crippen molar-refractivity contribution in [2.45, 2.75) is 138 Å². The van der Waals surface area contributed by atoms with Gasteiger partial charge in [-0.05, 0) is 113 Å². The van der Waals surface area contributed by atoms with E-state index in [0.29, 0.717) is 24.2 Å². The van der Waals surface area contributed by atoms with E-state index >= 15 is 0 Å². The highest BCUT2D eigenvalue weighted by atomic mass is 16.5. The summed E-state index contributed by atoms with van der Waals surface area (Å²) in [6.07, 6.45) is 10.7. The fourth-order valence-corrected chi connectivity index (χ4v) is 10.8. The van der Waals surface area contributed by atoms with Crippen LogP contribution in [0.2, 0.25) is 0 Å². The van der Waals surface area contributed by atoms with Crippen molar-refractivity contribution < 1.29 is 19.7 Å². The number of fused-ring (bicyclic) bond motifs is 5. The molecule has 2 N–H and O–H groups in total. The number of carbonyl (C=O) groups excluding carboxylic acids is 1. The van der Waals surface area contributed by atoms with Gasteiger partial charge in [-0.1, -0.05) is 46.3 Å². The number of carbonyl (C=O) groups is 1. The average molecular weight is 503 g/mol. The van der Waals surface area contributed by atoms with Gasteiger partial charge in [-0.2, -0.15) is 0 Å². The summed E-state index contributed by atoms with van der Waals surface area (Å²) in [4.78, 5) is 11.9. The van der Waals surface area contributed by atoms with Gasteiger partial charge in [0, 0.05) is 18.3 Å². The molecule has 0 heterocycles. The van der Waals surface area contributed by atoms with Crippen LogP contribution in [0.25, 0.3) is 0 Å². The molecule has 4 heteroatoms. The van der Waals surface area contributed by atoms with Crippen molar-refractivity contribution >= 4 is 5.97 Å². The molecule has 0 radical (unpaired) electrons. The van der Waals surface area contributed by atoms with Gasteiger partial charge in [-0.15, -0.1) is 0 Å². The molecule has 0 amide bonds. The summed E-state index contributed by atoms with van der Waals surface area (Å²) in [5, 5.41) is 23.2. The van der Waals surface area contributed by atoms with Crippen molar-refractivity contribution in [3.63, 3.8) is 0 Å². The van der Waals surface area contributed by atoms with Gasteiger partial charge >= 0.3 is 5.97 Å². The molecule has 0 aromatic heterocycles. The molecule has 206 valence electrons. The van der Waals surface area contributed by atoms with Crippen LogP contribution in [-0.4, -0.2) is 34.0 Å². The van der Waals surface area contributed by atoms with Gasteiger partial charge in [0.1, 0.15) is 6.10 Å². The maximum Gasteiger partial charge on any atom is 0.302 e. The monoisotopic (exact) mass is 502 g/mol. The summed E-state index contributed by atoms with van der Waals surface area (Å²) in [7, 11) is 0. The number of allylic oxidation sites excluding steroid dienone is 2. The fourth-order valence-electron chi connectivity index (χ4n) is 10.8. The summed E-state index contributed by atoms with van der Waals surface area (Å²) in [6, 6.07) is 0. The highest BCUT2D eigenvalue weighted by molar-refractivity contribution is 5.66. The zero-order valence-electron chi connectivity index (χ0n) is 24.6. The molecule has 0 aliphatic heterocycles. The van der Waals surface area contributed by atoms with Gasteiger partial charge in [-0.25, -0.2) is 0 Å². The van der Waals surface area contributed by atoms with E-state index in [9.17, 15) is 15.0 Å². The minimum atomic E-state index is -0.859. The predicted molar refractivity (Wildman–Crippen MR) is 145 cm³/mol. The van der Waals surface area contributed by atoms with Crippen LogP contribution >= 0.6 is 0 Å². The van der Waals surface area contributed by atoms with Gasteiger partial charge in [0.25, 0.3) is 0 Å². The first kappa shape index (κ1) is 28.1. The van der Waals surface area contributed by atoms with Gasteiger partial charge < -0.3 is 14.9 Å². The van der Waals surface area contributed by atoms with Crippen LogP contribution in [0.5, 0.6) is 0 Å². The Morgan fingerprint density at radius 1 is 0.972 bits per heavy atom. The van der Waals surface area contributed by atoms with Crippen molar-refractivity contribution in [1.29, 1.82) is 0 Å². The summed E-state index contributed by atoms with van der Waals surface area (Å²) in [5.74, 6) is 1.24. The molecule has 4 fully saturated rings. The van der Waals surface area contributed by atoms with Crippen LogP contribution in [0.1, 0.15) is 120 Å². The highest BCUT2D eigenvalue weighted by Crippen LogP contribution is 2.75. The second-order valence-corrected chi connectivity index (χ2v) is 15.1. The maximum absolute atomic E-state index is 11.9. The van der Waals surface area contributed by atoms with Crippen LogP contribution in [-0.2, 0) is 9.53 Å². The molecule has 4 rings (SSSR count). The van der Waals surface area contributed by atoms with Crippen LogP contribution in [0.3, 0.4) is 0 Å². The Kier molecular flexibility index (Phi) is 7.12. The Hall–Kier alpha value is -0.870. The molecule has 4 saturated carbocycles. The molecule has 4 nitrogen and oxygen atoms in total. The largest absolute Gasteiger partial charge is 0.462 e. The summed E-state index contributed by atoms with van der Waals surface area (Å²) in [6.45, 7) is 19.9. The van der Waals surface area contributed by atoms with E-state index in [1.807, 2.05) is 6.92 Å². The third-order valence-electron chi connectivity index (χ3n) is 12.6. The van der Waals surface area contributed by atoms with Crippen LogP contribution in [0, 0.1) is 45.3 Å². The number of esters is 1. The number of hydrogen-bond acceptors (Lipinski definition) is 4. The Bertz CT molecular complexity index is 885. The summed E-state index contributed by atoms with van der Waals surface area (Å²) < 4.78 is 5.86. The van der Waals surface area contributed by atoms with E-state index in [-0.39, 0.29) is 39.7 Å². The summed E-state index contributed by atoms with van der Waals surface area (Å²) in [5.41, 5.74) is 0.748. The molecule has 4 aliphatic rings. The Balaban J connectivity index is 1.63. The standard InChI is InChI=1S/C32H54O4/c1-20(2)11-10-16-32(9,35)27-22-12-13-25-29(6)17-15-26(36-21(3)33)28(4,5)24(29)14-18-30(25,7)31(22,8)19-23(27)34/h11,22-27,34-35H,10,12-19H2,1-9H3/t22-,23?,24?,25-,26?,27-,29+,30-,31+,32+/m1/s1. The highest BCUT2D eigenvalue weighted by Gasteiger charge is 2.71. The smallest absolute Gasteiger partial charge is 0.302 e. The Labute approximate surface area is 220 Å². The van der Waals surface area contributed by atoms with E-state index in [1.165, 1.54) is 12.0 Å². The van der Waals surface area contributed by atoms with Crippen molar-refractivity contribution in [2.75, 3.05) is 0 Å². The Morgan fingerprint density at radius 2 is 1.64 bits per heavy atom. The third kappa shape index (κ3) is 4.12. The van der Waals surface area contributed by atoms with Crippen molar-refractivity contribution in [1.82, 2.24) is 0 Å². The molecular weight excluding hydrogens is 448 g/mol. The van der Waals surface area contributed by atoms with Crippen molar-refractivity contribution in [2.24, 2.45) is 45.3 Å². The van der Waals surface area contributed by atoms with Crippen LogP contribution < -0.4 is 0 Å². The number of aliphatic hydroxyl groups is 2. The van der Waals surface area contributed by atoms with Crippen LogP contribution in [0.15, 0.2) is 11.6 Å². The van der Waals surface area contributed by atoms with Crippen molar-refractivity contribution in [3.05, 3.63) is 11.6 Å². The van der Waals surface area contributed by atoms with E-state index in [4.69, 9.17) is 4.74 Å². The van der Waals surface area contributed by atoms with Gasteiger partial charge in [0.05, 0.1) is 11.7 Å². The first-order chi connectivity index (χ1) is 16.5. The topological polar surface area (TPSA) is 66.8 Å². The molecule has 36 heavy (non-hydrogen) atoms. The second kappa shape index (κ2) is 9.11. The van der Waals surface area contributed by atoms with Crippen LogP contribution in [0.4, 0.5) is 0 Å². The minimum absolute atomic E-state index is 0.00190.